The molecule has 0 spiro atoms. The van der Waals surface area contributed by atoms with E-state index in [9.17, 15) is 4.39 Å². The largest absolute Gasteiger partial charge is 0.345 e. The lowest BCUT2D eigenvalue weighted by Gasteiger charge is -2.12. The van der Waals surface area contributed by atoms with Crippen LogP contribution in [0, 0.1) is 12.7 Å². The topological polar surface area (TPSA) is 34.3 Å². The third-order valence-electron chi connectivity index (χ3n) is 6.75. The highest BCUT2D eigenvalue weighted by Gasteiger charge is 2.29. The normalized spacial score (nSPS) is 13.1. The highest BCUT2D eigenvalue weighted by molar-refractivity contribution is 7.81. The van der Waals surface area contributed by atoms with E-state index in [-0.39, 0.29) is 5.02 Å². The molecule has 0 unspecified atom stereocenters. The van der Waals surface area contributed by atoms with E-state index < -0.39 is 5.82 Å². The SMILES string of the molecule is Cc1ccc(-c2c3c4n(c(-c5ccccc5)nn4c2C(=S)Nc2ccc(F)c(Cl)c2)CCCC3)cc1. The average molecular weight is 515 g/mol. The number of halogens is 2. The van der Waals surface area contributed by atoms with Crippen LogP contribution in [0.25, 0.3) is 28.2 Å². The summed E-state index contributed by atoms with van der Waals surface area (Å²) in [7, 11) is 0. The maximum Gasteiger partial charge on any atom is 0.162 e. The van der Waals surface area contributed by atoms with Crippen LogP contribution in [0.1, 0.15) is 29.7 Å². The van der Waals surface area contributed by atoms with Gasteiger partial charge in [0.05, 0.1) is 5.02 Å². The third kappa shape index (κ3) is 3.91. The molecular weight excluding hydrogens is 491 g/mol. The third-order valence-corrected chi connectivity index (χ3v) is 7.34. The summed E-state index contributed by atoms with van der Waals surface area (Å²) in [6.45, 7) is 2.98. The number of nitrogens with zero attached hydrogens (tertiary/aromatic N) is 3. The van der Waals surface area contributed by atoms with Gasteiger partial charge in [0.2, 0.25) is 0 Å². The van der Waals surface area contributed by atoms with E-state index >= 15 is 0 Å². The van der Waals surface area contributed by atoms with Crippen LogP contribution in [0.3, 0.4) is 0 Å². The summed E-state index contributed by atoms with van der Waals surface area (Å²) in [5.74, 6) is 0.465. The van der Waals surface area contributed by atoms with Gasteiger partial charge in [-0.15, -0.1) is 5.10 Å². The zero-order chi connectivity index (χ0) is 24.8. The fraction of sp³-hybridized carbons (Fsp3) is 0.172. The van der Waals surface area contributed by atoms with Crippen molar-refractivity contribution >= 4 is 40.1 Å². The fourth-order valence-electron chi connectivity index (χ4n) is 5.04. The molecule has 0 fully saturated rings. The molecule has 0 atom stereocenters. The first-order valence-corrected chi connectivity index (χ1v) is 12.8. The minimum atomic E-state index is -0.464. The molecule has 36 heavy (non-hydrogen) atoms. The summed E-state index contributed by atoms with van der Waals surface area (Å²) >= 11 is 12.0. The van der Waals surface area contributed by atoms with E-state index in [0.29, 0.717) is 10.7 Å². The number of hydrogen-bond donors (Lipinski definition) is 1. The van der Waals surface area contributed by atoms with Gasteiger partial charge in [-0.25, -0.2) is 8.91 Å². The summed E-state index contributed by atoms with van der Waals surface area (Å²) in [5, 5.41) is 8.46. The van der Waals surface area contributed by atoms with Crippen molar-refractivity contribution in [3.63, 3.8) is 0 Å². The Morgan fingerprint density at radius 2 is 1.78 bits per heavy atom. The minimum Gasteiger partial charge on any atom is -0.345 e. The van der Waals surface area contributed by atoms with Gasteiger partial charge < -0.3 is 9.88 Å². The van der Waals surface area contributed by atoms with Crippen LogP contribution >= 0.6 is 23.8 Å². The number of benzene rings is 3. The van der Waals surface area contributed by atoms with Crippen molar-refractivity contribution in [2.45, 2.75) is 32.7 Å². The highest BCUT2D eigenvalue weighted by atomic mass is 35.5. The molecule has 4 nitrogen and oxygen atoms in total. The number of aryl methyl sites for hydroxylation is 3. The van der Waals surface area contributed by atoms with Gasteiger partial charge in [-0.1, -0.05) is 84.0 Å². The lowest BCUT2D eigenvalue weighted by Crippen LogP contribution is -2.15. The van der Waals surface area contributed by atoms with Gasteiger partial charge in [0.1, 0.15) is 22.1 Å². The second-order valence-electron chi connectivity index (χ2n) is 9.18. The summed E-state index contributed by atoms with van der Waals surface area (Å²) in [4.78, 5) is 0.513. The Morgan fingerprint density at radius 3 is 2.53 bits per heavy atom. The van der Waals surface area contributed by atoms with Crippen LogP contribution < -0.4 is 5.32 Å². The van der Waals surface area contributed by atoms with Gasteiger partial charge in [0.25, 0.3) is 0 Å². The number of anilines is 1. The summed E-state index contributed by atoms with van der Waals surface area (Å²) in [6, 6.07) is 23.3. The van der Waals surface area contributed by atoms with Crippen molar-refractivity contribution in [3.8, 4) is 22.5 Å². The maximum absolute atomic E-state index is 13.8. The van der Waals surface area contributed by atoms with Crippen LogP contribution in [-0.2, 0) is 13.0 Å². The monoisotopic (exact) mass is 514 g/mol. The molecule has 0 saturated heterocycles. The maximum atomic E-state index is 13.8. The summed E-state index contributed by atoms with van der Waals surface area (Å²) in [5.41, 5.74) is 8.27. The van der Waals surface area contributed by atoms with E-state index in [2.05, 4.69) is 53.2 Å². The summed E-state index contributed by atoms with van der Waals surface area (Å²) in [6.07, 6.45) is 3.11. The molecule has 180 valence electrons. The molecule has 1 N–H and O–H groups in total. The molecule has 0 aliphatic carbocycles. The first-order chi connectivity index (χ1) is 17.5. The van der Waals surface area contributed by atoms with Gasteiger partial charge in [-0.3, -0.25) is 0 Å². The van der Waals surface area contributed by atoms with Crippen molar-refractivity contribution in [3.05, 3.63) is 100 Å². The van der Waals surface area contributed by atoms with Crippen LogP contribution in [0.2, 0.25) is 5.02 Å². The lowest BCUT2D eigenvalue weighted by molar-refractivity contribution is 0.628. The van der Waals surface area contributed by atoms with E-state index in [1.165, 1.54) is 17.2 Å². The molecule has 3 aromatic carbocycles. The van der Waals surface area contributed by atoms with Crippen LogP contribution in [0.4, 0.5) is 10.1 Å². The quantitative estimate of drug-likeness (QED) is 0.249. The predicted octanol–water partition coefficient (Wildman–Crippen LogP) is 7.69. The van der Waals surface area contributed by atoms with Crippen molar-refractivity contribution in [1.82, 2.24) is 14.2 Å². The molecule has 0 saturated carbocycles. The van der Waals surface area contributed by atoms with E-state index in [0.717, 1.165) is 59.7 Å². The smallest absolute Gasteiger partial charge is 0.162 e. The minimum absolute atomic E-state index is 0.0487. The summed E-state index contributed by atoms with van der Waals surface area (Å²) < 4.78 is 18.1. The van der Waals surface area contributed by atoms with Gasteiger partial charge in [0.15, 0.2) is 5.82 Å². The molecule has 0 amide bonds. The zero-order valence-corrected chi connectivity index (χ0v) is 21.3. The Bertz CT molecular complexity index is 1600. The highest BCUT2D eigenvalue weighted by Crippen LogP contribution is 2.39. The molecule has 1 aliphatic rings. The Morgan fingerprint density at radius 1 is 1.00 bits per heavy atom. The predicted molar refractivity (Wildman–Crippen MR) is 148 cm³/mol. The molecule has 2 aromatic heterocycles. The Hall–Kier alpha value is -3.48. The van der Waals surface area contributed by atoms with Crippen LogP contribution in [-0.4, -0.2) is 19.2 Å². The van der Waals surface area contributed by atoms with Gasteiger partial charge in [0, 0.05) is 28.9 Å². The second-order valence-corrected chi connectivity index (χ2v) is 10.0. The fourth-order valence-corrected chi connectivity index (χ4v) is 5.53. The first kappa shape index (κ1) is 23.0. The number of nitrogens with one attached hydrogen (secondary N) is 1. The van der Waals surface area contributed by atoms with E-state index in [1.54, 1.807) is 12.1 Å². The average Bonchev–Trinajstić information content (AvgIpc) is 3.30. The zero-order valence-electron chi connectivity index (χ0n) is 19.8. The number of hydrogen-bond acceptors (Lipinski definition) is 2. The van der Waals surface area contributed by atoms with E-state index in [1.807, 2.05) is 22.7 Å². The van der Waals surface area contributed by atoms with Crippen molar-refractivity contribution < 1.29 is 4.39 Å². The molecule has 3 heterocycles. The van der Waals surface area contributed by atoms with Gasteiger partial charge in [-0.05, 0) is 49.9 Å². The second kappa shape index (κ2) is 9.19. The van der Waals surface area contributed by atoms with E-state index in [4.69, 9.17) is 28.9 Å². The van der Waals surface area contributed by atoms with Crippen LogP contribution in [0.15, 0.2) is 72.8 Å². The van der Waals surface area contributed by atoms with Crippen molar-refractivity contribution in [2.75, 3.05) is 5.32 Å². The molecular formula is C29H24ClFN4S. The molecule has 5 aromatic rings. The number of aromatic nitrogens is 3. The van der Waals surface area contributed by atoms with Crippen LogP contribution in [0.5, 0.6) is 0 Å². The van der Waals surface area contributed by atoms with Crippen molar-refractivity contribution in [1.29, 1.82) is 0 Å². The molecule has 7 heteroatoms. The Labute approximate surface area is 219 Å². The molecule has 0 bridgehead atoms. The Kier molecular flexibility index (Phi) is 5.86. The number of rotatable bonds is 4. The number of thiocarbonyl (C=S) groups is 1. The Balaban J connectivity index is 1.60. The molecule has 0 radical (unpaired) electrons. The molecule has 1 aliphatic heterocycles. The lowest BCUT2D eigenvalue weighted by atomic mass is 9.97. The molecule has 6 rings (SSSR count). The van der Waals surface area contributed by atoms with Gasteiger partial charge in [-0.2, -0.15) is 0 Å². The standard InChI is InChI=1S/C29H24ClFN4S/c1-18-10-12-19(13-11-18)25-22-9-5-6-16-34-27(20-7-3-2-4-8-20)33-35(29(22)34)26(25)28(36)32-21-14-15-24(31)23(30)17-21/h2-4,7-8,10-15,17H,5-6,9,16H2,1H3,(H,32,36). The van der Waals surface area contributed by atoms with Crippen molar-refractivity contribution in [2.24, 2.45) is 0 Å². The van der Waals surface area contributed by atoms with Gasteiger partial charge >= 0.3 is 0 Å². The first-order valence-electron chi connectivity index (χ1n) is 12.0.